The lowest BCUT2D eigenvalue weighted by atomic mass is 9.94. The van der Waals surface area contributed by atoms with E-state index in [0.717, 1.165) is 12.1 Å². The molecule has 1 aliphatic rings. The molecule has 14 heavy (non-hydrogen) atoms. The van der Waals surface area contributed by atoms with Crippen LogP contribution in [0.1, 0.15) is 25.1 Å². The number of nitrogens with one attached hydrogen (secondary N) is 2. The first kappa shape index (κ1) is 9.58. The van der Waals surface area contributed by atoms with Crippen LogP contribution in [-0.4, -0.2) is 11.1 Å². The van der Waals surface area contributed by atoms with Gasteiger partial charge in [-0.05, 0) is 18.6 Å². The second-order valence-electron chi connectivity index (χ2n) is 3.62. The fraction of sp³-hybridized carbons (Fsp3) is 0.500. The second kappa shape index (κ2) is 4.04. The van der Waals surface area contributed by atoms with E-state index in [4.69, 9.17) is 5.73 Å². The lowest BCUT2D eigenvalue weighted by Crippen LogP contribution is -2.39. The Kier molecular flexibility index (Phi) is 2.77. The van der Waals surface area contributed by atoms with E-state index < -0.39 is 0 Å². The highest BCUT2D eigenvalue weighted by molar-refractivity contribution is 5.12. The van der Waals surface area contributed by atoms with Gasteiger partial charge in [-0.15, -0.1) is 0 Å². The topological polar surface area (TPSA) is 63.0 Å². The van der Waals surface area contributed by atoms with Crippen LogP contribution in [0.3, 0.4) is 0 Å². The monoisotopic (exact) mass is 192 g/mol. The summed E-state index contributed by atoms with van der Waals surface area (Å²) >= 11 is 0. The molecule has 1 fully saturated rings. The van der Waals surface area contributed by atoms with Crippen LogP contribution in [0.2, 0.25) is 0 Å². The molecule has 2 rings (SSSR count). The summed E-state index contributed by atoms with van der Waals surface area (Å²) in [6.07, 6.45) is 2.88. The van der Waals surface area contributed by atoms with E-state index in [0.29, 0.717) is 5.92 Å². The van der Waals surface area contributed by atoms with Crippen molar-refractivity contribution in [2.75, 3.05) is 0 Å². The average molecular weight is 192 g/mol. The molecule has 1 aromatic rings. The normalized spacial score (nSPS) is 32.0. The Morgan fingerprint density at radius 1 is 1.43 bits per heavy atom. The predicted molar refractivity (Wildman–Crippen MR) is 55.0 cm³/mol. The van der Waals surface area contributed by atoms with Crippen LogP contribution >= 0.6 is 0 Å². The van der Waals surface area contributed by atoms with Gasteiger partial charge in [-0.2, -0.15) is 0 Å². The number of hydrogen-bond acceptors (Lipinski definition) is 4. The zero-order valence-electron chi connectivity index (χ0n) is 8.27. The van der Waals surface area contributed by atoms with Crippen molar-refractivity contribution in [1.82, 2.24) is 15.8 Å². The smallest absolute Gasteiger partial charge is 0.0727 e. The lowest BCUT2D eigenvalue weighted by molar-refractivity contribution is 0.405. The Hall–Kier alpha value is -0.970. The predicted octanol–water partition coefficient (Wildman–Crippen LogP) is 0.541. The number of pyridine rings is 1. The van der Waals surface area contributed by atoms with Crippen molar-refractivity contribution >= 4 is 0 Å². The molecule has 4 nitrogen and oxygen atoms in total. The van der Waals surface area contributed by atoms with E-state index in [1.165, 1.54) is 0 Å². The molecule has 3 atom stereocenters. The third-order valence-electron chi connectivity index (χ3n) is 2.77. The molecule has 4 heteroatoms. The molecule has 0 bridgehead atoms. The Balaban J connectivity index is 2.19. The molecule has 1 saturated heterocycles. The lowest BCUT2D eigenvalue weighted by Gasteiger charge is -2.18. The minimum absolute atomic E-state index is 0.0204. The summed E-state index contributed by atoms with van der Waals surface area (Å²) in [5.74, 6) is 0.407. The number of hydrazine groups is 1. The number of nitrogens with two attached hydrogens (primary N) is 1. The first-order chi connectivity index (χ1) is 6.83. The molecule has 0 aromatic carbocycles. The maximum absolute atomic E-state index is 5.92. The van der Waals surface area contributed by atoms with Crippen LogP contribution < -0.4 is 16.6 Å². The van der Waals surface area contributed by atoms with Crippen LogP contribution in [-0.2, 0) is 0 Å². The summed E-state index contributed by atoms with van der Waals surface area (Å²) in [5, 5.41) is 0. The molecular weight excluding hydrogens is 176 g/mol. The van der Waals surface area contributed by atoms with E-state index in [9.17, 15) is 0 Å². The molecule has 1 aliphatic heterocycles. The van der Waals surface area contributed by atoms with Gasteiger partial charge < -0.3 is 5.73 Å². The zero-order valence-corrected chi connectivity index (χ0v) is 8.27. The summed E-state index contributed by atoms with van der Waals surface area (Å²) in [7, 11) is 0. The summed E-state index contributed by atoms with van der Waals surface area (Å²) in [4.78, 5) is 4.34. The van der Waals surface area contributed by atoms with Gasteiger partial charge in [-0.3, -0.25) is 4.98 Å². The average Bonchev–Trinajstić information content (AvgIpc) is 2.61. The van der Waals surface area contributed by atoms with Crippen LogP contribution in [0.15, 0.2) is 24.4 Å². The summed E-state index contributed by atoms with van der Waals surface area (Å²) < 4.78 is 0. The number of aromatic nitrogens is 1. The molecule has 0 amide bonds. The first-order valence-electron chi connectivity index (χ1n) is 5.00. The maximum Gasteiger partial charge on any atom is 0.0727 e. The molecule has 4 N–H and O–H groups in total. The summed E-state index contributed by atoms with van der Waals surface area (Å²) in [6.45, 7) is 2.15. The first-order valence-corrected chi connectivity index (χ1v) is 5.00. The van der Waals surface area contributed by atoms with Crippen molar-refractivity contribution in [2.45, 2.75) is 25.6 Å². The Labute approximate surface area is 83.9 Å². The van der Waals surface area contributed by atoms with E-state index in [2.05, 4.69) is 22.8 Å². The summed E-state index contributed by atoms with van der Waals surface area (Å²) in [6, 6.07) is 6.18. The maximum atomic E-state index is 5.92. The van der Waals surface area contributed by atoms with Gasteiger partial charge in [0.05, 0.1) is 17.9 Å². The quantitative estimate of drug-likeness (QED) is 0.640. The molecule has 1 aromatic heterocycles. The molecule has 2 heterocycles. The highest BCUT2D eigenvalue weighted by Crippen LogP contribution is 2.27. The van der Waals surface area contributed by atoms with E-state index in [-0.39, 0.29) is 12.2 Å². The highest BCUT2D eigenvalue weighted by Gasteiger charge is 2.33. The molecule has 0 aliphatic carbocycles. The molecule has 0 radical (unpaired) electrons. The summed E-state index contributed by atoms with van der Waals surface area (Å²) in [5.41, 5.74) is 13.2. The molecule has 0 spiro atoms. The Bertz CT molecular complexity index is 287. The third kappa shape index (κ3) is 1.64. The Morgan fingerprint density at radius 2 is 2.29 bits per heavy atom. The largest absolute Gasteiger partial charge is 0.315 e. The van der Waals surface area contributed by atoms with Gasteiger partial charge in [0.15, 0.2) is 0 Å². The van der Waals surface area contributed by atoms with Crippen molar-refractivity contribution in [3.05, 3.63) is 30.1 Å². The van der Waals surface area contributed by atoms with Gasteiger partial charge in [-0.1, -0.05) is 13.0 Å². The minimum atomic E-state index is 0.0204. The van der Waals surface area contributed by atoms with Crippen LogP contribution in [0.4, 0.5) is 0 Å². The van der Waals surface area contributed by atoms with Crippen LogP contribution in [0.5, 0.6) is 0 Å². The molecule has 3 unspecified atom stereocenters. The van der Waals surface area contributed by atoms with Gasteiger partial charge >= 0.3 is 0 Å². The minimum Gasteiger partial charge on any atom is -0.315 e. The Morgan fingerprint density at radius 3 is 2.93 bits per heavy atom. The zero-order chi connectivity index (χ0) is 9.97. The van der Waals surface area contributed by atoms with Gasteiger partial charge in [0, 0.05) is 12.1 Å². The van der Waals surface area contributed by atoms with Crippen molar-refractivity contribution in [3.63, 3.8) is 0 Å². The fourth-order valence-corrected chi connectivity index (χ4v) is 1.95. The number of nitrogens with zero attached hydrogens (tertiary/aromatic N) is 1. The van der Waals surface area contributed by atoms with Gasteiger partial charge in [-0.25, -0.2) is 10.9 Å². The van der Waals surface area contributed by atoms with Crippen molar-refractivity contribution in [3.8, 4) is 0 Å². The SMILES string of the molecule is CCC1C(N)NNC1c1ccccn1. The van der Waals surface area contributed by atoms with E-state index in [1.807, 2.05) is 24.4 Å². The van der Waals surface area contributed by atoms with Crippen molar-refractivity contribution < 1.29 is 0 Å². The van der Waals surface area contributed by atoms with Crippen LogP contribution in [0, 0.1) is 5.92 Å². The molecule has 0 saturated carbocycles. The van der Waals surface area contributed by atoms with Gasteiger partial charge in [0.2, 0.25) is 0 Å². The van der Waals surface area contributed by atoms with Crippen molar-refractivity contribution in [2.24, 2.45) is 11.7 Å². The standard InChI is InChI=1S/C10H16N4/c1-2-7-9(13-14-10(7)11)8-5-3-4-6-12-8/h3-7,9-10,13-14H,2,11H2,1H3. The van der Waals surface area contributed by atoms with E-state index >= 15 is 0 Å². The van der Waals surface area contributed by atoms with E-state index in [1.54, 1.807) is 0 Å². The molecular formula is C10H16N4. The van der Waals surface area contributed by atoms with Crippen molar-refractivity contribution in [1.29, 1.82) is 0 Å². The third-order valence-corrected chi connectivity index (χ3v) is 2.77. The molecule has 76 valence electrons. The second-order valence-corrected chi connectivity index (χ2v) is 3.62. The highest BCUT2D eigenvalue weighted by atomic mass is 15.5. The van der Waals surface area contributed by atoms with Crippen LogP contribution in [0.25, 0.3) is 0 Å². The fourth-order valence-electron chi connectivity index (χ4n) is 1.95. The number of rotatable bonds is 2. The van der Waals surface area contributed by atoms with Gasteiger partial charge in [0.1, 0.15) is 0 Å². The van der Waals surface area contributed by atoms with Gasteiger partial charge in [0.25, 0.3) is 0 Å². The number of hydrogen-bond donors (Lipinski definition) is 3.